The van der Waals surface area contributed by atoms with Crippen molar-refractivity contribution < 1.29 is 4.39 Å². The third-order valence-electron chi connectivity index (χ3n) is 2.01. The van der Waals surface area contributed by atoms with Crippen LogP contribution < -0.4 is 5.73 Å². The first-order valence-corrected chi connectivity index (χ1v) is 4.22. The molecule has 0 saturated heterocycles. The summed E-state index contributed by atoms with van der Waals surface area (Å²) in [5.74, 6) is 0.204. The van der Waals surface area contributed by atoms with E-state index in [9.17, 15) is 4.39 Å². The third-order valence-corrected chi connectivity index (χ3v) is 2.01. The first-order valence-electron chi connectivity index (χ1n) is 4.22. The molecule has 0 spiro atoms. The number of benzene rings is 1. The van der Waals surface area contributed by atoms with Crippen molar-refractivity contribution in [2.75, 3.05) is 5.73 Å². The Morgan fingerprint density at radius 2 is 1.93 bits per heavy atom. The second-order valence-corrected chi connectivity index (χ2v) is 3.11. The van der Waals surface area contributed by atoms with E-state index >= 15 is 0 Å². The number of aromatic nitrogens is 2. The molecule has 1 heterocycles. The molecule has 0 amide bonds. The Bertz CT molecular complexity index is 445. The zero-order valence-electron chi connectivity index (χ0n) is 7.74. The number of anilines is 1. The number of nitrogens with zero attached hydrogens (tertiary/aromatic N) is 2. The molecule has 0 aliphatic heterocycles. The summed E-state index contributed by atoms with van der Waals surface area (Å²) in [5, 5.41) is 4.01. The monoisotopic (exact) mass is 191 g/mol. The SMILES string of the molecule is Cn1cc(-c2ccc(F)cc2)c(N)n1. The molecule has 2 rings (SSSR count). The Kier molecular flexibility index (Phi) is 1.96. The summed E-state index contributed by atoms with van der Waals surface area (Å²) in [5.41, 5.74) is 7.38. The zero-order valence-corrected chi connectivity index (χ0v) is 7.74. The van der Waals surface area contributed by atoms with E-state index in [1.807, 2.05) is 6.20 Å². The van der Waals surface area contributed by atoms with Crippen LogP contribution >= 0.6 is 0 Å². The largest absolute Gasteiger partial charge is 0.382 e. The molecular formula is C10H10FN3. The van der Waals surface area contributed by atoms with Crippen LogP contribution in [-0.4, -0.2) is 9.78 Å². The summed E-state index contributed by atoms with van der Waals surface area (Å²) < 4.78 is 14.3. The Labute approximate surface area is 81.0 Å². The average molecular weight is 191 g/mol. The minimum Gasteiger partial charge on any atom is -0.382 e. The molecule has 2 N–H and O–H groups in total. The van der Waals surface area contributed by atoms with Gasteiger partial charge in [0.1, 0.15) is 5.82 Å². The van der Waals surface area contributed by atoms with Crippen molar-refractivity contribution in [2.24, 2.45) is 7.05 Å². The number of nitrogen functional groups attached to an aromatic ring is 1. The lowest BCUT2D eigenvalue weighted by Crippen LogP contribution is -1.90. The van der Waals surface area contributed by atoms with Gasteiger partial charge >= 0.3 is 0 Å². The van der Waals surface area contributed by atoms with E-state index in [0.717, 1.165) is 11.1 Å². The fourth-order valence-electron chi connectivity index (χ4n) is 1.36. The highest BCUT2D eigenvalue weighted by Crippen LogP contribution is 2.24. The van der Waals surface area contributed by atoms with Gasteiger partial charge in [-0.2, -0.15) is 5.10 Å². The van der Waals surface area contributed by atoms with Crippen LogP contribution in [0.1, 0.15) is 0 Å². The molecule has 0 radical (unpaired) electrons. The minimum absolute atomic E-state index is 0.254. The van der Waals surface area contributed by atoms with E-state index in [1.54, 1.807) is 23.9 Å². The standard InChI is InChI=1S/C10H10FN3/c1-14-6-9(10(12)13-14)7-2-4-8(11)5-3-7/h2-6H,1H3,(H2,12,13). The Hall–Kier alpha value is -1.84. The van der Waals surface area contributed by atoms with Gasteiger partial charge < -0.3 is 5.73 Å². The molecule has 0 aliphatic rings. The van der Waals surface area contributed by atoms with Gasteiger partial charge in [0, 0.05) is 18.8 Å². The van der Waals surface area contributed by atoms with Crippen molar-refractivity contribution >= 4 is 5.82 Å². The quantitative estimate of drug-likeness (QED) is 0.747. The Morgan fingerprint density at radius 1 is 1.29 bits per heavy atom. The van der Waals surface area contributed by atoms with Crippen LogP contribution in [0.25, 0.3) is 11.1 Å². The summed E-state index contributed by atoms with van der Waals surface area (Å²) in [4.78, 5) is 0. The lowest BCUT2D eigenvalue weighted by molar-refractivity contribution is 0.628. The summed E-state index contributed by atoms with van der Waals surface area (Å²) in [6.07, 6.45) is 1.81. The van der Waals surface area contributed by atoms with E-state index in [0.29, 0.717) is 5.82 Å². The van der Waals surface area contributed by atoms with E-state index < -0.39 is 0 Å². The summed E-state index contributed by atoms with van der Waals surface area (Å²) in [6, 6.07) is 6.18. The number of aryl methyl sites for hydroxylation is 1. The third kappa shape index (κ3) is 1.46. The fraction of sp³-hybridized carbons (Fsp3) is 0.100. The molecule has 3 nitrogen and oxygen atoms in total. The van der Waals surface area contributed by atoms with E-state index in [2.05, 4.69) is 5.10 Å². The van der Waals surface area contributed by atoms with Gasteiger partial charge in [-0.3, -0.25) is 4.68 Å². The molecule has 14 heavy (non-hydrogen) atoms. The first-order chi connectivity index (χ1) is 6.66. The lowest BCUT2D eigenvalue weighted by atomic mass is 10.1. The van der Waals surface area contributed by atoms with Crippen LogP contribution in [0.4, 0.5) is 10.2 Å². The number of rotatable bonds is 1. The number of nitrogens with two attached hydrogens (primary N) is 1. The molecular weight excluding hydrogens is 181 g/mol. The lowest BCUT2D eigenvalue weighted by Gasteiger charge is -1.97. The zero-order chi connectivity index (χ0) is 10.1. The van der Waals surface area contributed by atoms with Crippen molar-refractivity contribution in [1.82, 2.24) is 9.78 Å². The summed E-state index contributed by atoms with van der Waals surface area (Å²) >= 11 is 0. The van der Waals surface area contributed by atoms with Crippen molar-refractivity contribution in [3.63, 3.8) is 0 Å². The maximum atomic E-state index is 12.7. The van der Waals surface area contributed by atoms with E-state index in [1.165, 1.54) is 12.1 Å². The molecule has 0 atom stereocenters. The number of hydrogen-bond donors (Lipinski definition) is 1. The number of hydrogen-bond acceptors (Lipinski definition) is 2. The van der Waals surface area contributed by atoms with Crippen molar-refractivity contribution in [3.05, 3.63) is 36.3 Å². The van der Waals surface area contributed by atoms with E-state index in [-0.39, 0.29) is 5.82 Å². The summed E-state index contributed by atoms with van der Waals surface area (Å²) in [7, 11) is 1.80. The van der Waals surface area contributed by atoms with Crippen LogP contribution in [0.5, 0.6) is 0 Å². The highest BCUT2D eigenvalue weighted by molar-refractivity contribution is 5.72. The molecule has 0 unspecified atom stereocenters. The van der Waals surface area contributed by atoms with Crippen molar-refractivity contribution in [1.29, 1.82) is 0 Å². The fourth-order valence-corrected chi connectivity index (χ4v) is 1.36. The second-order valence-electron chi connectivity index (χ2n) is 3.11. The van der Waals surface area contributed by atoms with Gasteiger partial charge in [-0.05, 0) is 17.7 Å². The molecule has 1 aromatic heterocycles. The molecule has 72 valence electrons. The average Bonchev–Trinajstić information content (AvgIpc) is 2.47. The highest BCUT2D eigenvalue weighted by Gasteiger charge is 2.05. The van der Waals surface area contributed by atoms with Gasteiger partial charge in [0.15, 0.2) is 5.82 Å². The van der Waals surface area contributed by atoms with Crippen LogP contribution in [0.2, 0.25) is 0 Å². The topological polar surface area (TPSA) is 43.8 Å². The van der Waals surface area contributed by atoms with Gasteiger partial charge in [-0.1, -0.05) is 12.1 Å². The van der Waals surface area contributed by atoms with Gasteiger partial charge in [-0.15, -0.1) is 0 Å². The second kappa shape index (κ2) is 3.14. The number of halogens is 1. The van der Waals surface area contributed by atoms with Crippen LogP contribution in [0.3, 0.4) is 0 Å². The van der Waals surface area contributed by atoms with Gasteiger partial charge in [-0.25, -0.2) is 4.39 Å². The van der Waals surface area contributed by atoms with Crippen LogP contribution in [0.15, 0.2) is 30.5 Å². The molecule has 1 aromatic carbocycles. The molecule has 0 bridgehead atoms. The highest BCUT2D eigenvalue weighted by atomic mass is 19.1. The summed E-state index contributed by atoms with van der Waals surface area (Å²) in [6.45, 7) is 0. The smallest absolute Gasteiger partial charge is 0.153 e. The Morgan fingerprint density at radius 3 is 2.43 bits per heavy atom. The maximum Gasteiger partial charge on any atom is 0.153 e. The van der Waals surface area contributed by atoms with Gasteiger partial charge in [0.2, 0.25) is 0 Å². The predicted octanol–water partition coefficient (Wildman–Crippen LogP) is 1.81. The van der Waals surface area contributed by atoms with Gasteiger partial charge in [0.05, 0.1) is 0 Å². The normalized spacial score (nSPS) is 10.4. The molecule has 0 saturated carbocycles. The first kappa shape index (κ1) is 8.74. The predicted molar refractivity (Wildman–Crippen MR) is 53.0 cm³/mol. The molecule has 2 aromatic rings. The van der Waals surface area contributed by atoms with Crippen molar-refractivity contribution in [3.8, 4) is 11.1 Å². The molecule has 0 fully saturated rings. The van der Waals surface area contributed by atoms with Crippen molar-refractivity contribution in [2.45, 2.75) is 0 Å². The molecule has 4 heteroatoms. The Balaban J connectivity index is 2.49. The van der Waals surface area contributed by atoms with Crippen LogP contribution in [0, 0.1) is 5.82 Å². The molecule has 0 aliphatic carbocycles. The maximum absolute atomic E-state index is 12.7. The minimum atomic E-state index is -0.254. The van der Waals surface area contributed by atoms with Crippen LogP contribution in [-0.2, 0) is 7.05 Å². The van der Waals surface area contributed by atoms with E-state index in [4.69, 9.17) is 5.73 Å². The van der Waals surface area contributed by atoms with Gasteiger partial charge in [0.25, 0.3) is 0 Å².